The minimum absolute atomic E-state index is 0.753. The van der Waals surface area contributed by atoms with Crippen molar-refractivity contribution >= 4 is 0 Å². The minimum atomic E-state index is 0.753. The zero-order chi connectivity index (χ0) is 12.3. The van der Waals surface area contributed by atoms with Crippen molar-refractivity contribution in [3.63, 3.8) is 0 Å². The van der Waals surface area contributed by atoms with Crippen LogP contribution in [-0.2, 0) is 0 Å². The Labute approximate surface area is 107 Å². The van der Waals surface area contributed by atoms with Crippen molar-refractivity contribution in [2.45, 2.75) is 64.5 Å². The molecule has 1 N–H and O–H groups in total. The molecule has 1 heterocycles. The Bertz CT molecular complexity index is 223. The molecule has 0 aromatic heterocycles. The van der Waals surface area contributed by atoms with Crippen molar-refractivity contribution in [2.24, 2.45) is 11.8 Å². The first-order chi connectivity index (χ1) is 8.16. The van der Waals surface area contributed by atoms with Crippen molar-refractivity contribution < 1.29 is 0 Å². The molecule has 100 valence electrons. The Kier molecular flexibility index (Phi) is 4.87. The van der Waals surface area contributed by atoms with Crippen LogP contribution in [0, 0.1) is 11.8 Å². The van der Waals surface area contributed by atoms with Gasteiger partial charge in [-0.25, -0.2) is 0 Å². The summed E-state index contributed by atoms with van der Waals surface area (Å²) in [5, 5.41) is 3.67. The van der Waals surface area contributed by atoms with E-state index in [-0.39, 0.29) is 0 Å². The van der Waals surface area contributed by atoms with Gasteiger partial charge in [-0.15, -0.1) is 0 Å². The van der Waals surface area contributed by atoms with Gasteiger partial charge in [0.25, 0.3) is 0 Å². The molecule has 0 radical (unpaired) electrons. The standard InChI is InChI=1S/C15H30N2/c1-12-7-8-15(10-13(12)2)17(3)11-14-6-4-5-9-16-14/h12-16H,4-11H2,1-3H3. The molecule has 17 heavy (non-hydrogen) atoms. The SMILES string of the molecule is CC1CCC(N(C)CC2CCCCN2)CC1C. The fraction of sp³-hybridized carbons (Fsp3) is 1.00. The zero-order valence-corrected chi connectivity index (χ0v) is 11.9. The zero-order valence-electron chi connectivity index (χ0n) is 11.9. The lowest BCUT2D eigenvalue weighted by Crippen LogP contribution is -2.47. The van der Waals surface area contributed by atoms with E-state index in [0.29, 0.717) is 0 Å². The fourth-order valence-electron chi connectivity index (χ4n) is 3.50. The summed E-state index contributed by atoms with van der Waals surface area (Å²) in [4.78, 5) is 2.63. The molecule has 2 fully saturated rings. The molecule has 1 aliphatic carbocycles. The third kappa shape index (κ3) is 3.69. The topological polar surface area (TPSA) is 15.3 Å². The van der Waals surface area contributed by atoms with Crippen molar-refractivity contribution in [1.29, 1.82) is 0 Å². The monoisotopic (exact) mass is 238 g/mol. The highest BCUT2D eigenvalue weighted by atomic mass is 15.2. The lowest BCUT2D eigenvalue weighted by molar-refractivity contribution is 0.118. The molecule has 0 amide bonds. The maximum atomic E-state index is 3.67. The predicted octanol–water partition coefficient (Wildman–Crippen LogP) is 2.89. The van der Waals surface area contributed by atoms with Crippen LogP contribution in [0.3, 0.4) is 0 Å². The number of hydrogen-bond donors (Lipinski definition) is 1. The van der Waals surface area contributed by atoms with Gasteiger partial charge in [0.1, 0.15) is 0 Å². The summed E-state index contributed by atoms with van der Waals surface area (Å²) in [7, 11) is 2.34. The van der Waals surface area contributed by atoms with Gasteiger partial charge < -0.3 is 10.2 Å². The van der Waals surface area contributed by atoms with Crippen LogP contribution in [0.15, 0.2) is 0 Å². The fourth-order valence-corrected chi connectivity index (χ4v) is 3.50. The van der Waals surface area contributed by atoms with E-state index in [9.17, 15) is 0 Å². The van der Waals surface area contributed by atoms with Crippen LogP contribution in [0.25, 0.3) is 0 Å². The van der Waals surface area contributed by atoms with Gasteiger partial charge in [0.05, 0.1) is 0 Å². The van der Waals surface area contributed by atoms with Crippen LogP contribution >= 0.6 is 0 Å². The van der Waals surface area contributed by atoms with Crippen molar-refractivity contribution in [3.05, 3.63) is 0 Å². The maximum Gasteiger partial charge on any atom is 0.0195 e. The molecular formula is C15H30N2. The summed E-state index contributed by atoms with van der Waals surface area (Å²) in [6.45, 7) is 7.34. The largest absolute Gasteiger partial charge is 0.313 e. The minimum Gasteiger partial charge on any atom is -0.313 e. The van der Waals surface area contributed by atoms with E-state index in [4.69, 9.17) is 0 Å². The van der Waals surface area contributed by atoms with Crippen molar-refractivity contribution in [2.75, 3.05) is 20.1 Å². The predicted molar refractivity (Wildman–Crippen MR) is 74.2 cm³/mol. The molecule has 2 nitrogen and oxygen atoms in total. The van der Waals surface area contributed by atoms with Crippen LogP contribution in [0.4, 0.5) is 0 Å². The number of nitrogens with one attached hydrogen (secondary N) is 1. The smallest absolute Gasteiger partial charge is 0.0195 e. The summed E-state index contributed by atoms with van der Waals surface area (Å²) in [6, 6.07) is 1.59. The normalized spacial score (nSPS) is 39.5. The van der Waals surface area contributed by atoms with Crippen LogP contribution < -0.4 is 5.32 Å². The summed E-state index contributed by atoms with van der Waals surface area (Å²) in [5.74, 6) is 1.85. The molecule has 4 atom stereocenters. The number of nitrogens with zero attached hydrogens (tertiary/aromatic N) is 1. The molecule has 0 bridgehead atoms. The third-order valence-electron chi connectivity index (χ3n) is 5.11. The quantitative estimate of drug-likeness (QED) is 0.813. The van der Waals surface area contributed by atoms with Crippen molar-refractivity contribution in [1.82, 2.24) is 10.2 Å². The number of piperidine rings is 1. The highest BCUT2D eigenvalue weighted by Gasteiger charge is 2.28. The molecular weight excluding hydrogens is 208 g/mol. The second kappa shape index (κ2) is 6.19. The average Bonchev–Trinajstić information content (AvgIpc) is 2.34. The lowest BCUT2D eigenvalue weighted by Gasteiger charge is -2.39. The van der Waals surface area contributed by atoms with Crippen LogP contribution in [0.2, 0.25) is 0 Å². The molecule has 2 aliphatic rings. The van der Waals surface area contributed by atoms with Gasteiger partial charge in [0, 0.05) is 18.6 Å². The van der Waals surface area contributed by atoms with E-state index in [1.807, 2.05) is 0 Å². The lowest BCUT2D eigenvalue weighted by atomic mass is 9.78. The Morgan fingerprint density at radius 3 is 2.53 bits per heavy atom. The summed E-state index contributed by atoms with van der Waals surface area (Å²) >= 11 is 0. The molecule has 0 spiro atoms. The Balaban J connectivity index is 1.77. The molecule has 2 rings (SSSR count). The van der Waals surface area contributed by atoms with Gasteiger partial charge >= 0.3 is 0 Å². The average molecular weight is 238 g/mol. The molecule has 0 aromatic carbocycles. The Morgan fingerprint density at radius 1 is 1.06 bits per heavy atom. The van der Waals surface area contributed by atoms with Gasteiger partial charge in [0.2, 0.25) is 0 Å². The molecule has 4 unspecified atom stereocenters. The van der Waals surface area contributed by atoms with Crippen LogP contribution in [0.5, 0.6) is 0 Å². The number of rotatable bonds is 3. The van der Waals surface area contributed by atoms with Gasteiger partial charge in [0.15, 0.2) is 0 Å². The van der Waals surface area contributed by atoms with E-state index in [2.05, 4.69) is 31.1 Å². The van der Waals surface area contributed by atoms with Gasteiger partial charge in [-0.2, -0.15) is 0 Å². The maximum absolute atomic E-state index is 3.67. The molecule has 0 aromatic rings. The van der Waals surface area contributed by atoms with E-state index < -0.39 is 0 Å². The molecule has 1 saturated carbocycles. The van der Waals surface area contributed by atoms with Crippen molar-refractivity contribution in [3.8, 4) is 0 Å². The summed E-state index contributed by atoms with van der Waals surface area (Å²) in [6.07, 6.45) is 8.41. The molecule has 1 aliphatic heterocycles. The van der Waals surface area contributed by atoms with E-state index in [0.717, 1.165) is 23.9 Å². The van der Waals surface area contributed by atoms with E-state index in [1.54, 1.807) is 0 Å². The summed E-state index contributed by atoms with van der Waals surface area (Å²) < 4.78 is 0. The van der Waals surface area contributed by atoms with Crippen LogP contribution in [0.1, 0.15) is 52.4 Å². The second-order valence-electron chi connectivity index (χ2n) is 6.51. The van der Waals surface area contributed by atoms with Gasteiger partial charge in [-0.3, -0.25) is 0 Å². The van der Waals surface area contributed by atoms with Gasteiger partial charge in [-0.1, -0.05) is 20.3 Å². The first kappa shape index (κ1) is 13.4. The molecule has 1 saturated heterocycles. The van der Waals surface area contributed by atoms with Gasteiger partial charge in [-0.05, 0) is 57.5 Å². The first-order valence-electron chi connectivity index (χ1n) is 7.60. The van der Waals surface area contributed by atoms with E-state index >= 15 is 0 Å². The number of hydrogen-bond acceptors (Lipinski definition) is 2. The summed E-state index contributed by atoms with van der Waals surface area (Å²) in [5.41, 5.74) is 0. The Morgan fingerprint density at radius 2 is 1.88 bits per heavy atom. The number of likely N-dealkylation sites (N-methyl/N-ethyl adjacent to an activating group) is 1. The highest BCUT2D eigenvalue weighted by Crippen LogP contribution is 2.31. The van der Waals surface area contributed by atoms with E-state index in [1.165, 1.54) is 51.6 Å². The Hall–Kier alpha value is -0.0800. The highest BCUT2D eigenvalue weighted by molar-refractivity contribution is 4.83. The van der Waals surface area contributed by atoms with Crippen LogP contribution in [-0.4, -0.2) is 37.1 Å². The molecule has 2 heteroatoms. The first-order valence-corrected chi connectivity index (χ1v) is 7.60. The second-order valence-corrected chi connectivity index (χ2v) is 6.51. The third-order valence-corrected chi connectivity index (χ3v) is 5.11.